The van der Waals surface area contributed by atoms with Crippen molar-refractivity contribution in [2.75, 3.05) is 49.3 Å². The first kappa shape index (κ1) is 25.7. The van der Waals surface area contributed by atoms with Crippen molar-refractivity contribution >= 4 is 31.7 Å². The van der Waals surface area contributed by atoms with E-state index in [1.807, 2.05) is 0 Å². The summed E-state index contributed by atoms with van der Waals surface area (Å²) in [6.45, 7) is 22.7. The molecule has 0 aromatic rings. The summed E-state index contributed by atoms with van der Waals surface area (Å²) >= 11 is 0. The van der Waals surface area contributed by atoms with Crippen molar-refractivity contribution in [1.82, 2.24) is 0 Å². The lowest BCUT2D eigenvalue weighted by molar-refractivity contribution is 0.815. The standard InChI is InChI=1S/C20H46P4/c1-10-19(21(11-2)12-3)20(22(13-4)14-5,23(15-6)16-7)24(17-8)18-9/h19H,10-18H2,1-9H3. The van der Waals surface area contributed by atoms with E-state index in [1.165, 1.54) is 55.7 Å². The predicted molar refractivity (Wildman–Crippen MR) is 129 cm³/mol. The summed E-state index contributed by atoms with van der Waals surface area (Å²) in [5.74, 6) is 0. The van der Waals surface area contributed by atoms with Crippen LogP contribution < -0.4 is 0 Å². The maximum absolute atomic E-state index is 2.54. The third-order valence-electron chi connectivity index (χ3n) is 5.77. The second kappa shape index (κ2) is 13.8. The van der Waals surface area contributed by atoms with Crippen molar-refractivity contribution in [2.24, 2.45) is 0 Å². The lowest BCUT2D eigenvalue weighted by Gasteiger charge is -2.58. The van der Waals surface area contributed by atoms with Gasteiger partial charge in [0.05, 0.1) is 0 Å². The van der Waals surface area contributed by atoms with Gasteiger partial charge in [-0.2, -0.15) is 0 Å². The zero-order chi connectivity index (χ0) is 18.8. The van der Waals surface area contributed by atoms with E-state index in [1.54, 1.807) is 0 Å². The van der Waals surface area contributed by atoms with E-state index in [0.717, 1.165) is 10.3 Å². The molecule has 0 spiro atoms. The third-order valence-corrected chi connectivity index (χ3v) is 23.0. The van der Waals surface area contributed by atoms with E-state index in [4.69, 9.17) is 0 Å². The molecule has 24 heavy (non-hydrogen) atoms. The van der Waals surface area contributed by atoms with Crippen molar-refractivity contribution in [3.8, 4) is 0 Å². The largest absolute Gasteiger partial charge is 0.102 e. The molecule has 0 fully saturated rings. The molecule has 0 aliphatic carbocycles. The van der Waals surface area contributed by atoms with E-state index in [9.17, 15) is 0 Å². The zero-order valence-corrected chi connectivity index (χ0v) is 21.8. The van der Waals surface area contributed by atoms with Crippen LogP contribution in [0.2, 0.25) is 0 Å². The first-order valence-electron chi connectivity index (χ1n) is 10.5. The second-order valence-electron chi connectivity index (χ2n) is 6.35. The summed E-state index contributed by atoms with van der Waals surface area (Å²) in [7, 11) is 0.746. The van der Waals surface area contributed by atoms with Crippen LogP contribution in [0, 0.1) is 0 Å². The quantitative estimate of drug-likeness (QED) is 0.252. The number of rotatable bonds is 14. The summed E-state index contributed by atoms with van der Waals surface area (Å²) < 4.78 is 0.767. The Balaban J connectivity index is 6.52. The average Bonchev–Trinajstić information content (AvgIpc) is 2.61. The summed E-state index contributed by atoms with van der Waals surface area (Å²) in [4.78, 5) is 0. The number of hydrogen-bond donors (Lipinski definition) is 0. The minimum Gasteiger partial charge on any atom is -0.102 e. The van der Waals surface area contributed by atoms with Crippen LogP contribution >= 0.6 is 31.7 Å². The Bertz CT molecular complexity index is 261. The Kier molecular flexibility index (Phi) is 14.8. The van der Waals surface area contributed by atoms with Crippen LogP contribution in [-0.2, 0) is 0 Å². The molecular formula is C20H46P4. The Morgan fingerprint density at radius 1 is 0.500 bits per heavy atom. The summed E-state index contributed by atoms with van der Waals surface area (Å²) in [5, 5.41) is 0. The molecule has 0 rings (SSSR count). The van der Waals surface area contributed by atoms with Crippen molar-refractivity contribution in [2.45, 2.75) is 79.0 Å². The van der Waals surface area contributed by atoms with Crippen LogP contribution in [0.25, 0.3) is 0 Å². The van der Waals surface area contributed by atoms with Gasteiger partial charge in [0, 0.05) is 4.64 Å². The van der Waals surface area contributed by atoms with Crippen LogP contribution in [0.3, 0.4) is 0 Å². The van der Waals surface area contributed by atoms with Gasteiger partial charge in [-0.25, -0.2) is 0 Å². The van der Waals surface area contributed by atoms with Gasteiger partial charge in [-0.05, 0) is 61.4 Å². The van der Waals surface area contributed by atoms with Gasteiger partial charge in [0.15, 0.2) is 0 Å². The van der Waals surface area contributed by atoms with Gasteiger partial charge in [-0.15, -0.1) is 7.92 Å². The first-order chi connectivity index (χ1) is 11.5. The Hall–Kier alpha value is 1.72. The van der Waals surface area contributed by atoms with E-state index in [-0.39, 0.29) is 31.7 Å². The molecule has 0 aliphatic rings. The highest BCUT2D eigenvalue weighted by atomic mass is 31.2. The van der Waals surface area contributed by atoms with Crippen molar-refractivity contribution in [3.63, 3.8) is 0 Å². The molecule has 0 N–H and O–H groups in total. The predicted octanol–water partition coefficient (Wildman–Crippen LogP) is 8.51. The molecule has 0 aromatic carbocycles. The molecule has 0 radical (unpaired) electrons. The lowest BCUT2D eigenvalue weighted by atomic mass is 10.3. The topological polar surface area (TPSA) is 0 Å². The first-order valence-corrected chi connectivity index (χ1v) is 17.4. The summed E-state index contributed by atoms with van der Waals surface area (Å²) in [6, 6.07) is 0. The van der Waals surface area contributed by atoms with E-state index in [2.05, 4.69) is 62.3 Å². The van der Waals surface area contributed by atoms with E-state index in [0.29, 0.717) is 0 Å². The lowest BCUT2D eigenvalue weighted by Crippen LogP contribution is -2.40. The molecule has 0 saturated heterocycles. The summed E-state index contributed by atoms with van der Waals surface area (Å²) in [6.07, 6.45) is 13.2. The zero-order valence-electron chi connectivity index (χ0n) is 18.2. The highest BCUT2D eigenvalue weighted by Gasteiger charge is 2.52. The molecule has 0 bridgehead atoms. The molecule has 0 aromatic heterocycles. The van der Waals surface area contributed by atoms with Gasteiger partial charge < -0.3 is 0 Å². The fourth-order valence-electron chi connectivity index (χ4n) is 4.74. The fraction of sp³-hybridized carbons (Fsp3) is 1.00. The van der Waals surface area contributed by atoms with Crippen LogP contribution in [0.5, 0.6) is 0 Å². The SMILES string of the molecule is CCC(P(CC)CC)C(P(CC)CC)(P(CC)CC)P(CC)CC. The van der Waals surface area contributed by atoms with Gasteiger partial charge in [0.1, 0.15) is 0 Å². The Morgan fingerprint density at radius 2 is 0.792 bits per heavy atom. The van der Waals surface area contributed by atoms with E-state index < -0.39 is 0 Å². The van der Waals surface area contributed by atoms with Crippen LogP contribution in [0.15, 0.2) is 0 Å². The maximum atomic E-state index is 2.54. The molecule has 1 atom stereocenters. The maximum Gasteiger partial charge on any atom is 0.0366 e. The molecule has 146 valence electrons. The third kappa shape index (κ3) is 5.38. The molecular weight excluding hydrogens is 364 g/mol. The molecule has 0 aliphatic heterocycles. The normalized spacial score (nSPS) is 14.4. The molecule has 4 heteroatoms. The van der Waals surface area contributed by atoms with Gasteiger partial charge in [0.2, 0.25) is 0 Å². The fourth-order valence-corrected chi connectivity index (χ4v) is 25.9. The van der Waals surface area contributed by atoms with Crippen molar-refractivity contribution in [1.29, 1.82) is 0 Å². The van der Waals surface area contributed by atoms with Crippen LogP contribution in [0.1, 0.15) is 68.7 Å². The van der Waals surface area contributed by atoms with Crippen molar-refractivity contribution in [3.05, 3.63) is 0 Å². The second-order valence-corrected chi connectivity index (χ2v) is 19.6. The van der Waals surface area contributed by atoms with Gasteiger partial charge in [-0.1, -0.05) is 86.1 Å². The minimum atomic E-state index is 0.179. The summed E-state index contributed by atoms with van der Waals surface area (Å²) in [5.41, 5.74) is 1.05. The smallest absolute Gasteiger partial charge is 0.0366 e. The highest BCUT2D eigenvalue weighted by Crippen LogP contribution is 2.84. The van der Waals surface area contributed by atoms with Crippen molar-refractivity contribution < 1.29 is 0 Å². The van der Waals surface area contributed by atoms with Crippen LogP contribution in [0.4, 0.5) is 0 Å². The number of hydrogen-bond acceptors (Lipinski definition) is 0. The molecule has 1 unspecified atom stereocenters. The van der Waals surface area contributed by atoms with Gasteiger partial charge in [0.25, 0.3) is 0 Å². The van der Waals surface area contributed by atoms with Crippen LogP contribution in [-0.4, -0.2) is 59.6 Å². The Morgan fingerprint density at radius 3 is 0.958 bits per heavy atom. The Labute approximate surface area is 160 Å². The van der Waals surface area contributed by atoms with Gasteiger partial charge in [-0.3, -0.25) is 0 Å². The van der Waals surface area contributed by atoms with E-state index >= 15 is 0 Å². The minimum absolute atomic E-state index is 0.179. The molecule has 0 saturated carbocycles. The van der Waals surface area contributed by atoms with Gasteiger partial charge >= 0.3 is 0 Å². The average molecular weight is 410 g/mol. The molecule has 0 heterocycles. The monoisotopic (exact) mass is 410 g/mol. The molecule has 0 nitrogen and oxygen atoms in total. The molecule has 0 amide bonds. The highest BCUT2D eigenvalue weighted by molar-refractivity contribution is 7.94.